The molecule has 0 spiro atoms. The molecule has 0 fully saturated rings. The van der Waals surface area contributed by atoms with Crippen LogP contribution in [0, 0.1) is 0 Å². The van der Waals surface area contributed by atoms with Gasteiger partial charge >= 0.3 is 0 Å². The van der Waals surface area contributed by atoms with Gasteiger partial charge in [0.25, 0.3) is 0 Å². The Balaban J connectivity index is 2.54. The number of hydrogen-bond donors (Lipinski definition) is 4. The molecule has 78 valence electrons. The summed E-state index contributed by atoms with van der Waals surface area (Å²) in [6.07, 6.45) is 4.27. The second-order valence-corrected chi connectivity index (χ2v) is 3.30. The summed E-state index contributed by atoms with van der Waals surface area (Å²) in [7, 11) is 0. The number of nitrogens with zero attached hydrogens (tertiary/aromatic N) is 1. The van der Waals surface area contributed by atoms with Crippen molar-refractivity contribution in [3.8, 4) is 0 Å². The molecule has 1 unspecified atom stereocenters. The summed E-state index contributed by atoms with van der Waals surface area (Å²) in [5.41, 5.74) is 16.1. The van der Waals surface area contributed by atoms with E-state index in [2.05, 4.69) is 9.97 Å². The SMILES string of the molecule is NCC(N)(CCc1cnc[nH]1)C(N)=O. The number of H-pyrrole nitrogens is 1. The highest BCUT2D eigenvalue weighted by atomic mass is 16.1. The first-order valence-electron chi connectivity index (χ1n) is 4.34. The zero-order valence-corrected chi connectivity index (χ0v) is 7.86. The first-order valence-corrected chi connectivity index (χ1v) is 4.34. The summed E-state index contributed by atoms with van der Waals surface area (Å²) in [6.45, 7) is 0.0521. The normalized spacial score (nSPS) is 15.0. The van der Waals surface area contributed by atoms with Crippen molar-refractivity contribution in [2.45, 2.75) is 18.4 Å². The van der Waals surface area contributed by atoms with E-state index in [1.165, 1.54) is 0 Å². The average Bonchev–Trinajstić information content (AvgIpc) is 2.66. The molecular formula is C8H15N5O. The fourth-order valence-corrected chi connectivity index (χ4v) is 1.10. The molecule has 1 heterocycles. The van der Waals surface area contributed by atoms with Crippen molar-refractivity contribution in [2.75, 3.05) is 6.54 Å². The maximum absolute atomic E-state index is 11.0. The second-order valence-electron chi connectivity index (χ2n) is 3.30. The van der Waals surface area contributed by atoms with E-state index in [0.717, 1.165) is 5.69 Å². The minimum absolute atomic E-state index is 0.0521. The Bertz CT molecular complexity index is 297. The number of nitrogens with one attached hydrogen (secondary N) is 1. The standard InChI is InChI=1S/C8H15N5O/c9-4-8(11,7(10)14)2-1-6-3-12-5-13-6/h3,5H,1-2,4,9,11H2,(H2,10,14)(H,12,13). The molecule has 0 aromatic carbocycles. The van der Waals surface area contributed by atoms with Crippen LogP contribution in [0.25, 0.3) is 0 Å². The molecule has 0 bridgehead atoms. The molecule has 0 saturated carbocycles. The molecule has 1 amide bonds. The summed E-state index contributed by atoms with van der Waals surface area (Å²) in [6, 6.07) is 0. The highest BCUT2D eigenvalue weighted by Gasteiger charge is 2.29. The summed E-state index contributed by atoms with van der Waals surface area (Å²) in [5.74, 6) is -0.570. The summed E-state index contributed by atoms with van der Waals surface area (Å²) >= 11 is 0. The Labute approximate surface area is 81.9 Å². The van der Waals surface area contributed by atoms with Gasteiger partial charge in [0.1, 0.15) is 5.54 Å². The van der Waals surface area contributed by atoms with E-state index in [4.69, 9.17) is 17.2 Å². The molecule has 0 aliphatic heterocycles. The van der Waals surface area contributed by atoms with Crippen molar-refractivity contribution < 1.29 is 4.79 Å². The first kappa shape index (κ1) is 10.7. The van der Waals surface area contributed by atoms with Crippen LogP contribution >= 0.6 is 0 Å². The van der Waals surface area contributed by atoms with Gasteiger partial charge in [-0.3, -0.25) is 4.79 Å². The van der Waals surface area contributed by atoms with Crippen molar-refractivity contribution in [1.82, 2.24) is 9.97 Å². The van der Waals surface area contributed by atoms with Gasteiger partial charge in [-0.25, -0.2) is 4.98 Å². The number of carbonyl (C=O) groups excluding carboxylic acids is 1. The van der Waals surface area contributed by atoms with Gasteiger partial charge in [0.05, 0.1) is 6.33 Å². The molecule has 0 radical (unpaired) electrons. The van der Waals surface area contributed by atoms with Crippen LogP contribution < -0.4 is 17.2 Å². The van der Waals surface area contributed by atoms with Crippen LogP contribution in [0.4, 0.5) is 0 Å². The predicted molar refractivity (Wildman–Crippen MR) is 52.1 cm³/mol. The third-order valence-corrected chi connectivity index (χ3v) is 2.25. The van der Waals surface area contributed by atoms with Crippen LogP contribution in [-0.4, -0.2) is 28.0 Å². The maximum Gasteiger partial charge on any atom is 0.238 e. The van der Waals surface area contributed by atoms with Crippen molar-refractivity contribution >= 4 is 5.91 Å². The van der Waals surface area contributed by atoms with E-state index < -0.39 is 11.4 Å². The first-order chi connectivity index (χ1) is 6.58. The Kier molecular flexibility index (Phi) is 3.21. The zero-order valence-electron chi connectivity index (χ0n) is 7.86. The zero-order chi connectivity index (χ0) is 10.6. The topological polar surface area (TPSA) is 124 Å². The average molecular weight is 197 g/mol. The van der Waals surface area contributed by atoms with Gasteiger partial charge in [0.15, 0.2) is 0 Å². The van der Waals surface area contributed by atoms with Gasteiger partial charge in [0.2, 0.25) is 5.91 Å². The largest absolute Gasteiger partial charge is 0.368 e. The van der Waals surface area contributed by atoms with Crippen LogP contribution in [0.5, 0.6) is 0 Å². The van der Waals surface area contributed by atoms with Gasteiger partial charge in [-0.2, -0.15) is 0 Å². The number of carbonyl (C=O) groups is 1. The number of hydrogen-bond acceptors (Lipinski definition) is 4. The third kappa shape index (κ3) is 2.30. The maximum atomic E-state index is 11.0. The fraction of sp³-hybridized carbons (Fsp3) is 0.500. The van der Waals surface area contributed by atoms with Crippen LogP contribution in [0.2, 0.25) is 0 Å². The highest BCUT2D eigenvalue weighted by molar-refractivity contribution is 5.84. The number of amides is 1. The lowest BCUT2D eigenvalue weighted by molar-refractivity contribution is -0.123. The molecule has 0 saturated heterocycles. The molecule has 1 rings (SSSR count). The lowest BCUT2D eigenvalue weighted by Gasteiger charge is -2.23. The summed E-state index contributed by atoms with van der Waals surface area (Å²) in [4.78, 5) is 17.8. The molecule has 6 nitrogen and oxygen atoms in total. The Morgan fingerprint density at radius 2 is 2.36 bits per heavy atom. The predicted octanol–water partition coefficient (Wildman–Crippen LogP) is -1.52. The quantitative estimate of drug-likeness (QED) is 0.457. The molecule has 6 heteroatoms. The van der Waals surface area contributed by atoms with Gasteiger partial charge < -0.3 is 22.2 Å². The summed E-state index contributed by atoms with van der Waals surface area (Å²) in [5, 5.41) is 0. The number of primary amides is 1. The van der Waals surface area contributed by atoms with E-state index >= 15 is 0 Å². The van der Waals surface area contributed by atoms with E-state index in [9.17, 15) is 4.79 Å². The van der Waals surface area contributed by atoms with Gasteiger partial charge in [-0.05, 0) is 12.8 Å². The number of nitrogens with two attached hydrogens (primary N) is 3. The van der Waals surface area contributed by atoms with Crippen LogP contribution in [0.3, 0.4) is 0 Å². The molecule has 1 aromatic heterocycles. The second kappa shape index (κ2) is 4.21. The highest BCUT2D eigenvalue weighted by Crippen LogP contribution is 2.08. The number of aromatic nitrogens is 2. The van der Waals surface area contributed by atoms with Crippen molar-refractivity contribution in [1.29, 1.82) is 0 Å². The van der Waals surface area contributed by atoms with E-state index in [0.29, 0.717) is 12.8 Å². The molecular weight excluding hydrogens is 182 g/mol. The Morgan fingerprint density at radius 3 is 2.79 bits per heavy atom. The number of imidazole rings is 1. The monoisotopic (exact) mass is 197 g/mol. The van der Waals surface area contributed by atoms with Gasteiger partial charge in [-0.1, -0.05) is 0 Å². The van der Waals surface area contributed by atoms with Gasteiger partial charge in [0, 0.05) is 18.4 Å². The molecule has 1 atom stereocenters. The molecule has 0 aliphatic carbocycles. The smallest absolute Gasteiger partial charge is 0.238 e. The number of rotatable bonds is 5. The van der Waals surface area contributed by atoms with Crippen molar-refractivity contribution in [3.05, 3.63) is 18.2 Å². The lowest BCUT2D eigenvalue weighted by atomic mass is 9.93. The molecule has 0 aliphatic rings. The van der Waals surface area contributed by atoms with Gasteiger partial charge in [-0.15, -0.1) is 0 Å². The van der Waals surface area contributed by atoms with Crippen LogP contribution in [0.15, 0.2) is 12.5 Å². The van der Waals surface area contributed by atoms with Crippen LogP contribution in [-0.2, 0) is 11.2 Å². The van der Waals surface area contributed by atoms with E-state index in [-0.39, 0.29) is 6.54 Å². The van der Waals surface area contributed by atoms with Crippen molar-refractivity contribution in [2.24, 2.45) is 17.2 Å². The van der Waals surface area contributed by atoms with Crippen molar-refractivity contribution in [3.63, 3.8) is 0 Å². The van der Waals surface area contributed by atoms with E-state index in [1.807, 2.05) is 0 Å². The van der Waals surface area contributed by atoms with Crippen LogP contribution in [0.1, 0.15) is 12.1 Å². The Hall–Kier alpha value is -1.40. The fourth-order valence-electron chi connectivity index (χ4n) is 1.10. The number of aryl methyl sites for hydroxylation is 1. The molecule has 7 N–H and O–H groups in total. The minimum atomic E-state index is -1.12. The van der Waals surface area contributed by atoms with E-state index in [1.54, 1.807) is 12.5 Å². The summed E-state index contributed by atoms with van der Waals surface area (Å²) < 4.78 is 0. The lowest BCUT2D eigenvalue weighted by Crippen LogP contribution is -2.57. The Morgan fingerprint density at radius 1 is 1.64 bits per heavy atom. The third-order valence-electron chi connectivity index (χ3n) is 2.25. The number of aromatic amines is 1. The molecule has 1 aromatic rings. The minimum Gasteiger partial charge on any atom is -0.368 e. The molecule has 14 heavy (non-hydrogen) atoms.